The number of tetrazole rings is 1. The normalized spacial score (nSPS) is 21.1. The van der Waals surface area contributed by atoms with Gasteiger partial charge in [-0.15, -0.1) is 5.10 Å². The molecule has 3 rings (SSSR count). The first-order valence-corrected chi connectivity index (χ1v) is 8.52. The smallest absolute Gasteiger partial charge is 0.308 e. The fourth-order valence-electron chi connectivity index (χ4n) is 3.25. The number of amides is 1. The Morgan fingerprint density at radius 3 is 2.44 bits per heavy atom. The molecule has 0 radical (unpaired) electrons. The van der Waals surface area contributed by atoms with Crippen LogP contribution in [0.15, 0.2) is 30.6 Å². The molecule has 1 amide bonds. The number of hydrogen-bond donors (Lipinski definition) is 2. The first kappa shape index (κ1) is 17.1. The topological polar surface area (TPSA) is 110 Å². The average Bonchev–Trinajstić information content (AvgIpc) is 3.11. The maximum Gasteiger partial charge on any atom is 0.308 e. The monoisotopic (exact) mass is 343 g/mol. The van der Waals surface area contributed by atoms with E-state index in [9.17, 15) is 14.7 Å². The summed E-state index contributed by atoms with van der Waals surface area (Å²) in [5, 5.41) is 23.3. The predicted octanol–water partition coefficient (Wildman–Crippen LogP) is 1.82. The van der Waals surface area contributed by atoms with Crippen molar-refractivity contribution in [3.05, 3.63) is 36.2 Å². The zero-order valence-corrected chi connectivity index (χ0v) is 13.8. The third kappa shape index (κ3) is 4.20. The van der Waals surface area contributed by atoms with Crippen molar-refractivity contribution >= 4 is 11.9 Å². The van der Waals surface area contributed by atoms with Crippen molar-refractivity contribution in [1.29, 1.82) is 0 Å². The Morgan fingerprint density at radius 2 is 1.80 bits per heavy atom. The Bertz CT molecular complexity index is 714. The van der Waals surface area contributed by atoms with Crippen molar-refractivity contribution in [2.24, 2.45) is 5.92 Å². The maximum absolute atomic E-state index is 12.5. The zero-order chi connectivity index (χ0) is 17.6. The molecule has 25 heavy (non-hydrogen) atoms. The van der Waals surface area contributed by atoms with E-state index in [2.05, 4.69) is 20.8 Å². The van der Waals surface area contributed by atoms with Gasteiger partial charge >= 0.3 is 5.97 Å². The van der Waals surface area contributed by atoms with Gasteiger partial charge in [0, 0.05) is 11.6 Å². The fraction of sp³-hybridized carbons (Fsp3) is 0.471. The molecule has 2 unspecified atom stereocenters. The van der Waals surface area contributed by atoms with Crippen molar-refractivity contribution in [1.82, 2.24) is 25.5 Å². The fourth-order valence-corrected chi connectivity index (χ4v) is 3.25. The van der Waals surface area contributed by atoms with Gasteiger partial charge < -0.3 is 10.4 Å². The second-order valence-corrected chi connectivity index (χ2v) is 6.32. The van der Waals surface area contributed by atoms with Crippen molar-refractivity contribution in [3.63, 3.8) is 0 Å². The number of carboxylic acid groups (broad SMARTS) is 1. The molecule has 1 saturated carbocycles. The summed E-state index contributed by atoms with van der Waals surface area (Å²) >= 11 is 0. The Labute approximate surface area is 145 Å². The summed E-state index contributed by atoms with van der Waals surface area (Å²) in [7, 11) is 0. The van der Waals surface area contributed by atoms with Crippen LogP contribution in [0.5, 0.6) is 0 Å². The highest BCUT2D eigenvalue weighted by molar-refractivity contribution is 5.94. The van der Waals surface area contributed by atoms with E-state index in [-0.39, 0.29) is 11.9 Å². The molecule has 8 nitrogen and oxygen atoms in total. The quantitative estimate of drug-likeness (QED) is 0.876. The minimum absolute atomic E-state index is 0.250. The number of rotatable bonds is 4. The van der Waals surface area contributed by atoms with E-state index in [0.717, 1.165) is 31.4 Å². The zero-order valence-electron chi connectivity index (χ0n) is 13.8. The second kappa shape index (κ2) is 7.87. The summed E-state index contributed by atoms with van der Waals surface area (Å²) < 4.78 is 1.50. The van der Waals surface area contributed by atoms with Crippen LogP contribution in [0.4, 0.5) is 0 Å². The molecule has 132 valence electrons. The van der Waals surface area contributed by atoms with Crippen LogP contribution in [0.1, 0.15) is 48.9 Å². The Morgan fingerprint density at radius 1 is 1.08 bits per heavy atom. The van der Waals surface area contributed by atoms with Gasteiger partial charge in [-0.3, -0.25) is 9.59 Å². The number of carbonyl (C=O) groups is 2. The van der Waals surface area contributed by atoms with Crippen LogP contribution in [0, 0.1) is 5.92 Å². The molecule has 1 fully saturated rings. The average molecular weight is 343 g/mol. The summed E-state index contributed by atoms with van der Waals surface area (Å²) in [6.07, 6.45) is 6.75. The number of nitrogens with zero attached hydrogens (tertiary/aromatic N) is 4. The lowest BCUT2D eigenvalue weighted by Gasteiger charge is -2.27. The molecule has 0 bridgehead atoms. The number of nitrogens with one attached hydrogen (secondary N) is 1. The molecule has 0 saturated heterocycles. The number of hydrogen-bond acceptors (Lipinski definition) is 5. The maximum atomic E-state index is 12.5. The number of benzene rings is 1. The molecule has 2 N–H and O–H groups in total. The number of carboxylic acids is 1. The molecule has 1 aliphatic rings. The molecule has 1 aromatic heterocycles. The van der Waals surface area contributed by atoms with E-state index < -0.39 is 11.9 Å². The van der Waals surface area contributed by atoms with Crippen LogP contribution in [0.25, 0.3) is 5.69 Å². The van der Waals surface area contributed by atoms with Gasteiger partial charge in [-0.1, -0.05) is 25.7 Å². The highest BCUT2D eigenvalue weighted by atomic mass is 16.4. The predicted molar refractivity (Wildman–Crippen MR) is 89.2 cm³/mol. The van der Waals surface area contributed by atoms with Gasteiger partial charge in [0.2, 0.25) is 0 Å². The third-order valence-corrected chi connectivity index (χ3v) is 4.64. The van der Waals surface area contributed by atoms with E-state index in [1.54, 1.807) is 24.3 Å². The first-order valence-electron chi connectivity index (χ1n) is 8.52. The summed E-state index contributed by atoms with van der Waals surface area (Å²) in [6.45, 7) is 0. The van der Waals surface area contributed by atoms with Crippen molar-refractivity contribution in [3.8, 4) is 5.69 Å². The van der Waals surface area contributed by atoms with Crippen LogP contribution < -0.4 is 5.32 Å². The van der Waals surface area contributed by atoms with Crippen LogP contribution >= 0.6 is 0 Å². The molecular formula is C17H21N5O3. The number of aliphatic carboxylic acids is 1. The van der Waals surface area contributed by atoms with E-state index in [1.165, 1.54) is 11.0 Å². The summed E-state index contributed by atoms with van der Waals surface area (Å²) in [6, 6.07) is 6.54. The number of carbonyl (C=O) groups excluding carboxylic acids is 1. The van der Waals surface area contributed by atoms with Gasteiger partial charge in [-0.05, 0) is 47.5 Å². The third-order valence-electron chi connectivity index (χ3n) is 4.64. The summed E-state index contributed by atoms with van der Waals surface area (Å²) in [5.41, 5.74) is 1.24. The lowest BCUT2D eigenvalue weighted by atomic mass is 9.86. The standard InChI is InChI=1S/C17H21N5O3/c23-16(12-7-9-13(10-8-12)22-11-18-20-21-22)19-15-6-4-2-1-3-5-14(15)17(24)25/h7-11,14-15H,1-6H2,(H,19,23)(H,24,25). The molecule has 2 atom stereocenters. The van der Waals surface area contributed by atoms with Crippen molar-refractivity contribution in [2.45, 2.75) is 44.6 Å². The number of aromatic nitrogens is 4. The first-order chi connectivity index (χ1) is 12.1. The van der Waals surface area contributed by atoms with Gasteiger partial charge in [0.05, 0.1) is 11.6 Å². The van der Waals surface area contributed by atoms with Crippen molar-refractivity contribution < 1.29 is 14.7 Å². The Balaban J connectivity index is 1.70. The van der Waals surface area contributed by atoms with E-state index >= 15 is 0 Å². The molecule has 1 aliphatic carbocycles. The molecule has 1 heterocycles. The highest BCUT2D eigenvalue weighted by Gasteiger charge is 2.30. The molecule has 2 aromatic rings. The van der Waals surface area contributed by atoms with Crippen LogP contribution in [-0.4, -0.2) is 43.2 Å². The van der Waals surface area contributed by atoms with Crippen LogP contribution in [0.2, 0.25) is 0 Å². The summed E-state index contributed by atoms with van der Waals surface area (Å²) in [4.78, 5) is 24.1. The largest absolute Gasteiger partial charge is 0.481 e. The SMILES string of the molecule is O=C(NC1CCCCCCC1C(=O)O)c1ccc(-n2cnnn2)cc1. The van der Waals surface area contributed by atoms with E-state index in [0.29, 0.717) is 18.4 Å². The summed E-state index contributed by atoms with van der Waals surface area (Å²) in [5.74, 6) is -1.61. The molecule has 0 spiro atoms. The Kier molecular flexibility index (Phi) is 5.37. The van der Waals surface area contributed by atoms with Crippen molar-refractivity contribution in [2.75, 3.05) is 0 Å². The van der Waals surface area contributed by atoms with Gasteiger partial charge in [0.1, 0.15) is 6.33 Å². The molecule has 1 aromatic carbocycles. The lowest BCUT2D eigenvalue weighted by molar-refractivity contribution is -0.143. The highest BCUT2D eigenvalue weighted by Crippen LogP contribution is 2.23. The van der Waals surface area contributed by atoms with Gasteiger partial charge in [0.15, 0.2) is 0 Å². The van der Waals surface area contributed by atoms with Crippen LogP contribution in [-0.2, 0) is 4.79 Å². The molecule has 0 aliphatic heterocycles. The second-order valence-electron chi connectivity index (χ2n) is 6.32. The minimum atomic E-state index is -0.832. The molecular weight excluding hydrogens is 322 g/mol. The van der Waals surface area contributed by atoms with Gasteiger partial charge in [-0.25, -0.2) is 4.68 Å². The van der Waals surface area contributed by atoms with Crippen LogP contribution in [0.3, 0.4) is 0 Å². The van der Waals surface area contributed by atoms with Gasteiger partial charge in [0.25, 0.3) is 5.91 Å². The molecule has 8 heteroatoms. The van der Waals surface area contributed by atoms with E-state index in [1.807, 2.05) is 0 Å². The van der Waals surface area contributed by atoms with E-state index in [4.69, 9.17) is 0 Å². The van der Waals surface area contributed by atoms with Gasteiger partial charge in [-0.2, -0.15) is 0 Å². The Hall–Kier alpha value is -2.77. The lowest BCUT2D eigenvalue weighted by Crippen LogP contribution is -2.43. The minimum Gasteiger partial charge on any atom is -0.481 e.